The number of anilines is 1. The molecule has 2 aromatic rings. The van der Waals surface area contributed by atoms with E-state index in [4.69, 9.17) is 5.11 Å². The van der Waals surface area contributed by atoms with Gasteiger partial charge in [0.25, 0.3) is 0 Å². The molecule has 1 aromatic carbocycles. The maximum atomic E-state index is 10.9. The van der Waals surface area contributed by atoms with Crippen LogP contribution in [-0.2, 0) is 6.42 Å². The molecular formula is C14H14BrN3O2. The number of benzene rings is 1. The van der Waals surface area contributed by atoms with Gasteiger partial charge in [-0.1, -0.05) is 28.1 Å². The first-order valence-corrected chi connectivity index (χ1v) is 6.91. The number of carboxylic acids is 1. The summed E-state index contributed by atoms with van der Waals surface area (Å²) in [6.45, 7) is 2.39. The van der Waals surface area contributed by atoms with Gasteiger partial charge in [0, 0.05) is 16.7 Å². The van der Waals surface area contributed by atoms with E-state index in [0.717, 1.165) is 10.9 Å². The van der Waals surface area contributed by atoms with Crippen LogP contribution in [0.3, 0.4) is 0 Å². The smallest absolute Gasteiger partial charge is 0.354 e. The van der Waals surface area contributed by atoms with Gasteiger partial charge in [-0.05, 0) is 37.1 Å². The number of nitrogens with zero attached hydrogens (tertiary/aromatic N) is 2. The largest absolute Gasteiger partial charge is 0.477 e. The zero-order valence-corrected chi connectivity index (χ0v) is 12.5. The fraction of sp³-hybridized carbons (Fsp3) is 0.214. The normalized spacial score (nSPS) is 10.3. The lowest BCUT2D eigenvalue weighted by molar-refractivity contribution is 0.0690. The molecule has 0 amide bonds. The number of halogens is 1. The minimum absolute atomic E-state index is 0.00337. The lowest BCUT2D eigenvalue weighted by Gasteiger charge is -2.06. The van der Waals surface area contributed by atoms with E-state index in [-0.39, 0.29) is 5.69 Å². The van der Waals surface area contributed by atoms with Crippen molar-refractivity contribution in [3.8, 4) is 0 Å². The molecule has 0 saturated carbocycles. The molecule has 0 aliphatic carbocycles. The average Bonchev–Trinajstić information content (AvgIpc) is 2.40. The average molecular weight is 336 g/mol. The first kappa shape index (κ1) is 14.5. The van der Waals surface area contributed by atoms with Crippen molar-refractivity contribution in [3.05, 3.63) is 51.8 Å². The Balaban J connectivity index is 1.97. The van der Waals surface area contributed by atoms with Crippen LogP contribution in [0.5, 0.6) is 0 Å². The number of aryl methyl sites for hydroxylation is 1. The Bertz CT molecular complexity index is 614. The van der Waals surface area contributed by atoms with Gasteiger partial charge in [0.1, 0.15) is 0 Å². The fourth-order valence-electron chi connectivity index (χ4n) is 1.73. The van der Waals surface area contributed by atoms with Crippen LogP contribution in [0.2, 0.25) is 0 Å². The summed E-state index contributed by atoms with van der Waals surface area (Å²) in [5.41, 5.74) is 1.82. The van der Waals surface area contributed by atoms with Crippen molar-refractivity contribution in [2.75, 3.05) is 11.9 Å². The molecule has 0 spiro atoms. The van der Waals surface area contributed by atoms with Gasteiger partial charge in [0.05, 0.1) is 0 Å². The lowest BCUT2D eigenvalue weighted by Crippen LogP contribution is -2.11. The Hall–Kier alpha value is -1.95. The number of aromatic nitrogens is 2. The van der Waals surface area contributed by atoms with Crippen molar-refractivity contribution in [3.63, 3.8) is 0 Å². The summed E-state index contributed by atoms with van der Waals surface area (Å²) in [5, 5.41) is 12.0. The summed E-state index contributed by atoms with van der Waals surface area (Å²) >= 11 is 3.39. The highest BCUT2D eigenvalue weighted by molar-refractivity contribution is 9.10. The molecule has 0 saturated heterocycles. The van der Waals surface area contributed by atoms with E-state index in [1.807, 2.05) is 24.3 Å². The van der Waals surface area contributed by atoms with Gasteiger partial charge < -0.3 is 10.4 Å². The number of aromatic carboxylic acids is 1. The summed E-state index contributed by atoms with van der Waals surface area (Å²) in [6, 6.07) is 9.49. The van der Waals surface area contributed by atoms with Crippen molar-refractivity contribution in [1.82, 2.24) is 9.97 Å². The maximum absolute atomic E-state index is 10.9. The van der Waals surface area contributed by atoms with Crippen LogP contribution in [0, 0.1) is 6.92 Å². The molecule has 2 rings (SSSR count). The molecule has 5 nitrogen and oxygen atoms in total. The molecule has 104 valence electrons. The second-order valence-corrected chi connectivity index (χ2v) is 5.24. The molecule has 2 N–H and O–H groups in total. The fourth-order valence-corrected chi connectivity index (χ4v) is 1.99. The third-order valence-electron chi connectivity index (χ3n) is 2.68. The van der Waals surface area contributed by atoms with E-state index in [0.29, 0.717) is 18.2 Å². The van der Waals surface area contributed by atoms with Crippen molar-refractivity contribution in [2.45, 2.75) is 13.3 Å². The summed E-state index contributed by atoms with van der Waals surface area (Å²) in [4.78, 5) is 19.0. The molecule has 0 unspecified atom stereocenters. The number of hydrogen-bond donors (Lipinski definition) is 2. The molecule has 0 radical (unpaired) electrons. The number of carbonyl (C=O) groups is 1. The van der Waals surface area contributed by atoms with Crippen LogP contribution >= 0.6 is 15.9 Å². The van der Waals surface area contributed by atoms with Crippen molar-refractivity contribution in [2.24, 2.45) is 0 Å². The zero-order valence-electron chi connectivity index (χ0n) is 10.9. The first-order valence-electron chi connectivity index (χ1n) is 6.12. The van der Waals surface area contributed by atoms with Gasteiger partial charge in [-0.2, -0.15) is 0 Å². The van der Waals surface area contributed by atoms with Crippen molar-refractivity contribution >= 4 is 27.8 Å². The standard InChI is InChI=1S/C14H14BrN3O2/c1-9-8-12(13(19)20)18-14(17-9)16-7-6-10-2-4-11(15)5-3-10/h2-5,8H,6-7H2,1H3,(H,19,20)(H,16,17,18). The Kier molecular flexibility index (Phi) is 4.68. The van der Waals surface area contributed by atoms with Crippen molar-refractivity contribution in [1.29, 1.82) is 0 Å². The molecule has 20 heavy (non-hydrogen) atoms. The quantitative estimate of drug-likeness (QED) is 0.878. The molecular weight excluding hydrogens is 322 g/mol. The van der Waals surface area contributed by atoms with Gasteiger partial charge in [0.15, 0.2) is 5.69 Å². The molecule has 1 aromatic heterocycles. The number of carboxylic acid groups (broad SMARTS) is 1. The molecule has 0 fully saturated rings. The Morgan fingerprint density at radius 1 is 1.30 bits per heavy atom. The topological polar surface area (TPSA) is 75.1 Å². The van der Waals surface area contributed by atoms with Gasteiger partial charge in [-0.25, -0.2) is 14.8 Å². The SMILES string of the molecule is Cc1cc(C(=O)O)nc(NCCc2ccc(Br)cc2)n1. The highest BCUT2D eigenvalue weighted by atomic mass is 79.9. The second-order valence-electron chi connectivity index (χ2n) is 4.33. The van der Waals surface area contributed by atoms with Crippen LogP contribution < -0.4 is 5.32 Å². The van der Waals surface area contributed by atoms with E-state index in [2.05, 4.69) is 31.2 Å². The van der Waals surface area contributed by atoms with E-state index in [9.17, 15) is 4.79 Å². The maximum Gasteiger partial charge on any atom is 0.354 e. The summed E-state index contributed by atoms with van der Waals surface area (Å²) in [5.74, 6) is -0.703. The van der Waals surface area contributed by atoms with Gasteiger partial charge >= 0.3 is 5.97 Å². The minimum atomic E-state index is -1.05. The zero-order chi connectivity index (χ0) is 14.5. The number of hydrogen-bond acceptors (Lipinski definition) is 4. The Labute approximate surface area is 125 Å². The minimum Gasteiger partial charge on any atom is -0.477 e. The van der Waals surface area contributed by atoms with Gasteiger partial charge in [0.2, 0.25) is 5.95 Å². The molecule has 6 heteroatoms. The van der Waals surface area contributed by atoms with Gasteiger partial charge in [-0.15, -0.1) is 0 Å². The summed E-state index contributed by atoms with van der Waals surface area (Å²) < 4.78 is 1.04. The second kappa shape index (κ2) is 6.47. The van der Waals surface area contributed by atoms with E-state index >= 15 is 0 Å². The predicted molar refractivity (Wildman–Crippen MR) is 80.1 cm³/mol. The monoisotopic (exact) mass is 335 g/mol. The third kappa shape index (κ3) is 4.03. The third-order valence-corrected chi connectivity index (χ3v) is 3.21. The van der Waals surface area contributed by atoms with Crippen LogP contribution in [0.25, 0.3) is 0 Å². The van der Waals surface area contributed by atoms with E-state index in [1.165, 1.54) is 11.6 Å². The first-order chi connectivity index (χ1) is 9.54. The van der Waals surface area contributed by atoms with Crippen LogP contribution in [0.1, 0.15) is 21.7 Å². The molecule has 0 atom stereocenters. The van der Waals surface area contributed by atoms with Gasteiger partial charge in [-0.3, -0.25) is 0 Å². The molecule has 0 aliphatic rings. The predicted octanol–water partition coefficient (Wildman–Crippen LogP) is 2.90. The Morgan fingerprint density at radius 2 is 2.00 bits per heavy atom. The molecule has 0 aliphatic heterocycles. The number of nitrogens with one attached hydrogen (secondary N) is 1. The van der Waals surface area contributed by atoms with Crippen LogP contribution in [0.4, 0.5) is 5.95 Å². The Morgan fingerprint density at radius 3 is 2.65 bits per heavy atom. The highest BCUT2D eigenvalue weighted by Gasteiger charge is 2.08. The summed E-state index contributed by atoms with van der Waals surface area (Å²) in [7, 11) is 0. The van der Waals surface area contributed by atoms with Crippen LogP contribution in [-0.4, -0.2) is 27.6 Å². The lowest BCUT2D eigenvalue weighted by atomic mass is 10.1. The van der Waals surface area contributed by atoms with Crippen LogP contribution in [0.15, 0.2) is 34.8 Å². The van der Waals surface area contributed by atoms with E-state index < -0.39 is 5.97 Å². The number of rotatable bonds is 5. The van der Waals surface area contributed by atoms with E-state index in [1.54, 1.807) is 6.92 Å². The highest BCUT2D eigenvalue weighted by Crippen LogP contribution is 2.11. The molecule has 1 heterocycles. The van der Waals surface area contributed by atoms with Crippen molar-refractivity contribution < 1.29 is 9.90 Å². The molecule has 0 bridgehead atoms. The summed E-state index contributed by atoms with van der Waals surface area (Å²) in [6.07, 6.45) is 0.812.